The second-order valence-electron chi connectivity index (χ2n) is 4.65. The molecule has 6 heteroatoms. The number of hydrogen-bond donors (Lipinski definition) is 1. The molecule has 0 aliphatic heterocycles. The molecule has 1 rings (SSSR count). The molecule has 0 unspecified atom stereocenters. The van der Waals surface area contributed by atoms with E-state index in [1.165, 1.54) is 4.31 Å². The summed E-state index contributed by atoms with van der Waals surface area (Å²) in [6, 6.07) is 4.86. The maximum absolute atomic E-state index is 12.4. The van der Waals surface area contributed by atoms with E-state index in [1.54, 1.807) is 25.2 Å². The lowest BCUT2D eigenvalue weighted by molar-refractivity contribution is 0.314. The Morgan fingerprint density at radius 1 is 1.25 bits per heavy atom. The quantitative estimate of drug-likeness (QED) is 0.796. The van der Waals surface area contributed by atoms with E-state index in [9.17, 15) is 8.42 Å². The Bertz CT molecular complexity index is 529. The van der Waals surface area contributed by atoms with E-state index >= 15 is 0 Å². The van der Waals surface area contributed by atoms with Crippen molar-refractivity contribution >= 4 is 10.0 Å². The van der Waals surface area contributed by atoms with Gasteiger partial charge in [-0.3, -0.25) is 0 Å². The molecule has 0 aliphatic rings. The van der Waals surface area contributed by atoms with E-state index in [4.69, 9.17) is 10.5 Å². The van der Waals surface area contributed by atoms with E-state index in [0.29, 0.717) is 24.5 Å². The van der Waals surface area contributed by atoms with Crippen molar-refractivity contribution in [3.05, 3.63) is 23.8 Å². The van der Waals surface area contributed by atoms with Gasteiger partial charge in [0, 0.05) is 25.7 Å². The standard InChI is InChI=1S/C14H24N2O3S/c1-4-8-16(3)20(17,18)13-6-7-14(19-9-5-2)12(10-13)11-15/h6-7,10H,4-5,8-9,11,15H2,1-3H3. The average molecular weight is 300 g/mol. The van der Waals surface area contributed by atoms with Gasteiger partial charge in [0.05, 0.1) is 11.5 Å². The van der Waals surface area contributed by atoms with Crippen molar-refractivity contribution < 1.29 is 13.2 Å². The Labute approximate surface area is 121 Å². The van der Waals surface area contributed by atoms with Gasteiger partial charge in [0.1, 0.15) is 5.75 Å². The van der Waals surface area contributed by atoms with Crippen molar-refractivity contribution in [3.8, 4) is 5.75 Å². The summed E-state index contributed by atoms with van der Waals surface area (Å²) in [6.07, 6.45) is 1.67. The number of hydrogen-bond acceptors (Lipinski definition) is 4. The number of benzene rings is 1. The normalized spacial score (nSPS) is 11.8. The minimum absolute atomic E-state index is 0.250. The molecule has 1 aromatic rings. The van der Waals surface area contributed by atoms with Crippen LogP contribution < -0.4 is 10.5 Å². The van der Waals surface area contributed by atoms with Crippen LogP contribution in [0.1, 0.15) is 32.3 Å². The van der Waals surface area contributed by atoms with Gasteiger partial charge in [0.15, 0.2) is 0 Å². The highest BCUT2D eigenvalue weighted by Crippen LogP contribution is 2.24. The Morgan fingerprint density at radius 2 is 1.95 bits per heavy atom. The minimum atomic E-state index is -3.45. The van der Waals surface area contributed by atoms with Crippen molar-refractivity contribution in [1.82, 2.24) is 4.31 Å². The summed E-state index contributed by atoms with van der Waals surface area (Å²) in [5, 5.41) is 0. The number of rotatable bonds is 8. The Morgan fingerprint density at radius 3 is 2.50 bits per heavy atom. The fourth-order valence-corrected chi connectivity index (χ4v) is 3.16. The SMILES string of the molecule is CCCOc1ccc(S(=O)(=O)N(C)CCC)cc1CN. The Hall–Kier alpha value is -1.11. The highest BCUT2D eigenvalue weighted by Gasteiger charge is 2.21. The maximum atomic E-state index is 12.4. The second-order valence-corrected chi connectivity index (χ2v) is 6.69. The molecular weight excluding hydrogens is 276 g/mol. The van der Waals surface area contributed by atoms with Gasteiger partial charge in [-0.05, 0) is 31.0 Å². The number of nitrogens with zero attached hydrogens (tertiary/aromatic N) is 1. The smallest absolute Gasteiger partial charge is 0.242 e. The first-order valence-electron chi connectivity index (χ1n) is 6.89. The fourth-order valence-electron chi connectivity index (χ4n) is 1.84. The first-order chi connectivity index (χ1) is 9.47. The summed E-state index contributed by atoms with van der Waals surface area (Å²) < 4.78 is 31.6. The number of nitrogens with two attached hydrogens (primary N) is 1. The molecule has 0 saturated heterocycles. The van der Waals surface area contributed by atoms with Crippen molar-refractivity contribution in [3.63, 3.8) is 0 Å². The van der Waals surface area contributed by atoms with E-state index in [1.807, 2.05) is 13.8 Å². The molecule has 0 fully saturated rings. The topological polar surface area (TPSA) is 72.6 Å². The largest absolute Gasteiger partial charge is 0.493 e. The molecule has 0 aliphatic carbocycles. The Kier molecular flexibility index (Phi) is 6.45. The predicted octanol–water partition coefficient (Wildman–Crippen LogP) is 1.96. The van der Waals surface area contributed by atoms with E-state index in [2.05, 4.69) is 0 Å². The van der Waals surface area contributed by atoms with Crippen LogP contribution >= 0.6 is 0 Å². The molecule has 0 heterocycles. The van der Waals surface area contributed by atoms with Gasteiger partial charge in [-0.15, -0.1) is 0 Å². The molecule has 0 bridgehead atoms. The molecule has 0 radical (unpaired) electrons. The van der Waals surface area contributed by atoms with Crippen LogP contribution in [0, 0.1) is 0 Å². The molecule has 0 spiro atoms. The lowest BCUT2D eigenvalue weighted by atomic mass is 10.2. The molecule has 114 valence electrons. The van der Waals surface area contributed by atoms with Gasteiger partial charge >= 0.3 is 0 Å². The monoisotopic (exact) mass is 300 g/mol. The first-order valence-corrected chi connectivity index (χ1v) is 8.33. The number of ether oxygens (including phenoxy) is 1. The number of sulfonamides is 1. The van der Waals surface area contributed by atoms with Crippen LogP contribution in [0.4, 0.5) is 0 Å². The summed E-state index contributed by atoms with van der Waals surface area (Å²) in [6.45, 7) is 5.29. The molecule has 20 heavy (non-hydrogen) atoms. The molecule has 0 amide bonds. The third-order valence-electron chi connectivity index (χ3n) is 2.96. The first kappa shape index (κ1) is 16.9. The van der Waals surface area contributed by atoms with Crippen LogP contribution in [0.25, 0.3) is 0 Å². The second kappa shape index (κ2) is 7.61. The van der Waals surface area contributed by atoms with Crippen LogP contribution in [0.15, 0.2) is 23.1 Å². The van der Waals surface area contributed by atoms with Crippen molar-refractivity contribution in [2.24, 2.45) is 5.73 Å². The van der Waals surface area contributed by atoms with Crippen LogP contribution in [-0.4, -0.2) is 32.9 Å². The van der Waals surface area contributed by atoms with Gasteiger partial charge in [-0.25, -0.2) is 12.7 Å². The van der Waals surface area contributed by atoms with Crippen molar-refractivity contribution in [1.29, 1.82) is 0 Å². The molecule has 0 aromatic heterocycles. The molecular formula is C14H24N2O3S. The summed E-state index contributed by atoms with van der Waals surface area (Å²) in [4.78, 5) is 0.262. The Balaban J connectivity index is 3.09. The minimum Gasteiger partial charge on any atom is -0.493 e. The third-order valence-corrected chi connectivity index (χ3v) is 4.81. The molecule has 5 nitrogen and oxygen atoms in total. The van der Waals surface area contributed by atoms with E-state index < -0.39 is 10.0 Å². The molecule has 1 aromatic carbocycles. The van der Waals surface area contributed by atoms with E-state index in [0.717, 1.165) is 12.8 Å². The highest BCUT2D eigenvalue weighted by atomic mass is 32.2. The van der Waals surface area contributed by atoms with Crippen LogP contribution in [0.2, 0.25) is 0 Å². The summed E-state index contributed by atoms with van der Waals surface area (Å²) >= 11 is 0. The van der Waals surface area contributed by atoms with Gasteiger partial charge in [-0.2, -0.15) is 0 Å². The predicted molar refractivity (Wildman–Crippen MR) is 80.2 cm³/mol. The fraction of sp³-hybridized carbons (Fsp3) is 0.571. The van der Waals surface area contributed by atoms with Crippen molar-refractivity contribution in [2.45, 2.75) is 38.1 Å². The highest BCUT2D eigenvalue weighted by molar-refractivity contribution is 7.89. The van der Waals surface area contributed by atoms with Gasteiger partial charge in [-0.1, -0.05) is 13.8 Å². The van der Waals surface area contributed by atoms with E-state index in [-0.39, 0.29) is 11.4 Å². The van der Waals surface area contributed by atoms with Crippen LogP contribution in [0.3, 0.4) is 0 Å². The average Bonchev–Trinajstić information content (AvgIpc) is 2.45. The summed E-state index contributed by atoms with van der Waals surface area (Å²) in [5.74, 6) is 0.659. The van der Waals surface area contributed by atoms with Crippen LogP contribution in [-0.2, 0) is 16.6 Å². The van der Waals surface area contributed by atoms with Gasteiger partial charge in [0.25, 0.3) is 0 Å². The zero-order valence-corrected chi connectivity index (χ0v) is 13.2. The lowest BCUT2D eigenvalue weighted by Gasteiger charge is -2.18. The zero-order valence-electron chi connectivity index (χ0n) is 12.4. The summed E-state index contributed by atoms with van der Waals surface area (Å²) in [7, 11) is -1.86. The van der Waals surface area contributed by atoms with Gasteiger partial charge < -0.3 is 10.5 Å². The maximum Gasteiger partial charge on any atom is 0.242 e. The lowest BCUT2D eigenvalue weighted by Crippen LogP contribution is -2.27. The molecule has 0 saturated carbocycles. The zero-order chi connectivity index (χ0) is 15.2. The van der Waals surface area contributed by atoms with Crippen molar-refractivity contribution in [2.75, 3.05) is 20.2 Å². The van der Waals surface area contributed by atoms with Crippen LogP contribution in [0.5, 0.6) is 5.75 Å². The third kappa shape index (κ3) is 3.94. The molecule has 2 N–H and O–H groups in total. The van der Waals surface area contributed by atoms with Gasteiger partial charge in [0.2, 0.25) is 10.0 Å². The summed E-state index contributed by atoms with van der Waals surface area (Å²) in [5.41, 5.74) is 6.39. The molecule has 0 atom stereocenters.